The SMILES string of the molecule is COC(=O)c1ccc([C@H]2c3c(C)nn(-c4ccccn4)c3N=C3C(Nc4ccc(C)cc4)=Nc4ccccc4N32)cc1. The maximum absolute atomic E-state index is 12.2. The van der Waals surface area contributed by atoms with Crippen LogP contribution in [0.1, 0.15) is 38.8 Å². The standard InChI is InChI=1S/C33H27N7O2/c1-20-11-17-24(18-12-20)35-30-32-37-31-28(21(2)38-40(31)27-10-6-7-19-34-27)29(22-13-15-23(16-14-22)33(41)42-3)39(32)26-9-5-4-8-25(26)36-30/h4-19,29H,1-3H3,(H,35,36)/t29-/m0/s1. The van der Waals surface area contributed by atoms with Crippen LogP contribution >= 0.6 is 0 Å². The number of nitrogens with zero attached hydrogens (tertiary/aromatic N) is 6. The number of pyridine rings is 1. The van der Waals surface area contributed by atoms with E-state index in [2.05, 4.69) is 40.3 Å². The Morgan fingerprint density at radius 1 is 0.881 bits per heavy atom. The van der Waals surface area contributed by atoms with Crippen molar-refractivity contribution in [2.45, 2.75) is 19.9 Å². The van der Waals surface area contributed by atoms with Crippen molar-refractivity contribution in [1.82, 2.24) is 14.8 Å². The Morgan fingerprint density at radius 3 is 2.38 bits per heavy atom. The number of aryl methyl sites for hydroxylation is 2. The number of nitrogens with one attached hydrogen (secondary N) is 1. The van der Waals surface area contributed by atoms with Gasteiger partial charge < -0.3 is 15.0 Å². The summed E-state index contributed by atoms with van der Waals surface area (Å²) in [5, 5.41) is 8.44. The highest BCUT2D eigenvalue weighted by atomic mass is 16.5. The molecule has 4 heterocycles. The molecule has 0 saturated carbocycles. The minimum atomic E-state index is -0.382. The maximum Gasteiger partial charge on any atom is 0.337 e. The second-order valence-corrected chi connectivity index (χ2v) is 10.2. The van der Waals surface area contributed by atoms with Gasteiger partial charge in [0.25, 0.3) is 0 Å². The van der Waals surface area contributed by atoms with E-state index < -0.39 is 0 Å². The normalized spacial score (nSPS) is 15.1. The van der Waals surface area contributed by atoms with Gasteiger partial charge in [0, 0.05) is 17.4 Å². The molecule has 3 aromatic carbocycles. The quantitative estimate of drug-likeness (QED) is 0.256. The topological polar surface area (TPSA) is 97.0 Å². The lowest BCUT2D eigenvalue weighted by Crippen LogP contribution is -2.46. The van der Waals surface area contributed by atoms with Gasteiger partial charge in [-0.15, -0.1) is 0 Å². The van der Waals surface area contributed by atoms with Crippen LogP contribution in [0.25, 0.3) is 5.82 Å². The molecule has 2 aliphatic heterocycles. The van der Waals surface area contributed by atoms with E-state index in [4.69, 9.17) is 19.8 Å². The number of ether oxygens (including phenoxy) is 1. The van der Waals surface area contributed by atoms with Gasteiger partial charge in [-0.2, -0.15) is 9.78 Å². The summed E-state index contributed by atoms with van der Waals surface area (Å²) < 4.78 is 6.73. The molecule has 1 atom stereocenters. The fourth-order valence-corrected chi connectivity index (χ4v) is 5.44. The summed E-state index contributed by atoms with van der Waals surface area (Å²) in [7, 11) is 1.38. The largest absolute Gasteiger partial charge is 0.465 e. The molecule has 9 nitrogen and oxygen atoms in total. The molecule has 2 aromatic heterocycles. The molecule has 0 saturated heterocycles. The number of aliphatic imine (C=N–C) groups is 2. The Kier molecular flexibility index (Phi) is 6.12. The van der Waals surface area contributed by atoms with Gasteiger partial charge in [0.2, 0.25) is 0 Å². The monoisotopic (exact) mass is 553 g/mol. The van der Waals surface area contributed by atoms with Gasteiger partial charge in [-0.1, -0.05) is 48.0 Å². The summed E-state index contributed by atoms with van der Waals surface area (Å²) in [5.74, 6) is 2.23. The van der Waals surface area contributed by atoms with Crippen molar-refractivity contribution in [3.63, 3.8) is 0 Å². The zero-order valence-electron chi connectivity index (χ0n) is 23.3. The highest BCUT2D eigenvalue weighted by molar-refractivity contribution is 6.51. The number of amidine groups is 2. The first-order valence-electron chi connectivity index (χ1n) is 13.6. The van der Waals surface area contributed by atoms with Crippen LogP contribution in [0.5, 0.6) is 0 Å². The van der Waals surface area contributed by atoms with Crippen molar-refractivity contribution in [3.05, 3.63) is 125 Å². The number of rotatable bonds is 4. The third-order valence-corrected chi connectivity index (χ3v) is 7.47. The molecule has 0 aliphatic carbocycles. The molecule has 0 bridgehead atoms. The van der Waals surface area contributed by atoms with Crippen molar-refractivity contribution in [1.29, 1.82) is 0 Å². The Labute approximate surface area is 242 Å². The van der Waals surface area contributed by atoms with Gasteiger partial charge in [0.15, 0.2) is 23.3 Å². The number of hydrogen-bond acceptors (Lipinski definition) is 8. The summed E-state index contributed by atoms with van der Waals surface area (Å²) in [5.41, 5.74) is 7.03. The number of fused-ring (bicyclic) bond motifs is 4. The number of methoxy groups -OCH3 is 1. The van der Waals surface area contributed by atoms with Crippen molar-refractivity contribution in [2.24, 2.45) is 9.98 Å². The zero-order chi connectivity index (χ0) is 28.8. The lowest BCUT2D eigenvalue weighted by atomic mass is 9.92. The number of aromatic nitrogens is 3. The number of carbonyl (C=O) groups is 1. The van der Waals surface area contributed by atoms with Gasteiger partial charge in [-0.25, -0.2) is 19.8 Å². The number of carbonyl (C=O) groups excluding carboxylic acids is 1. The summed E-state index contributed by atoms with van der Waals surface area (Å²) in [4.78, 5) is 29.3. The maximum atomic E-state index is 12.2. The number of hydrogen-bond donors (Lipinski definition) is 1. The molecule has 0 unspecified atom stereocenters. The number of esters is 1. The second-order valence-electron chi connectivity index (χ2n) is 10.2. The predicted molar refractivity (Wildman–Crippen MR) is 164 cm³/mol. The molecule has 7 rings (SSSR count). The molecule has 42 heavy (non-hydrogen) atoms. The number of para-hydroxylation sites is 2. The summed E-state index contributed by atoms with van der Waals surface area (Å²) in [6.07, 6.45) is 1.74. The molecule has 206 valence electrons. The van der Waals surface area contributed by atoms with E-state index in [0.717, 1.165) is 33.9 Å². The van der Waals surface area contributed by atoms with Gasteiger partial charge >= 0.3 is 5.97 Å². The smallest absolute Gasteiger partial charge is 0.337 e. The molecule has 0 radical (unpaired) electrons. The number of benzene rings is 3. The summed E-state index contributed by atoms with van der Waals surface area (Å²) in [6.45, 7) is 4.05. The van der Waals surface area contributed by atoms with Gasteiger partial charge in [0.05, 0.1) is 35.8 Å². The van der Waals surface area contributed by atoms with Crippen molar-refractivity contribution in [3.8, 4) is 5.82 Å². The molecule has 0 fully saturated rings. The first-order valence-corrected chi connectivity index (χ1v) is 13.6. The predicted octanol–water partition coefficient (Wildman–Crippen LogP) is 6.47. The average Bonchev–Trinajstić information content (AvgIpc) is 3.37. The van der Waals surface area contributed by atoms with Crippen molar-refractivity contribution in [2.75, 3.05) is 17.3 Å². The Bertz CT molecular complexity index is 1870. The van der Waals surface area contributed by atoms with E-state index in [0.29, 0.717) is 28.9 Å². The minimum Gasteiger partial charge on any atom is -0.465 e. The fourth-order valence-electron chi connectivity index (χ4n) is 5.44. The number of anilines is 2. The third kappa shape index (κ3) is 4.23. The fraction of sp³-hybridized carbons (Fsp3) is 0.121. The minimum absolute atomic E-state index is 0.317. The summed E-state index contributed by atoms with van der Waals surface area (Å²) in [6, 6.07) is 29.1. The van der Waals surface area contributed by atoms with Crippen LogP contribution in [0.15, 0.2) is 107 Å². The Morgan fingerprint density at radius 2 is 1.64 bits per heavy atom. The molecule has 5 aromatic rings. The van der Waals surface area contributed by atoms with Crippen molar-refractivity contribution >= 4 is 40.5 Å². The van der Waals surface area contributed by atoms with Crippen LogP contribution in [0.3, 0.4) is 0 Å². The van der Waals surface area contributed by atoms with E-state index in [1.807, 2.05) is 67.6 Å². The van der Waals surface area contributed by atoms with E-state index >= 15 is 0 Å². The molecule has 9 heteroatoms. The van der Waals surface area contributed by atoms with Gasteiger partial charge in [-0.05, 0) is 67.9 Å². The van der Waals surface area contributed by atoms with E-state index in [9.17, 15) is 4.79 Å². The molecular formula is C33H27N7O2. The van der Waals surface area contributed by atoms with E-state index in [1.165, 1.54) is 12.7 Å². The lowest BCUT2D eigenvalue weighted by Gasteiger charge is -2.40. The van der Waals surface area contributed by atoms with Crippen LogP contribution in [-0.4, -0.2) is 39.5 Å². The lowest BCUT2D eigenvalue weighted by molar-refractivity contribution is 0.0600. The van der Waals surface area contributed by atoms with Crippen LogP contribution < -0.4 is 10.2 Å². The molecule has 2 aliphatic rings. The average molecular weight is 554 g/mol. The zero-order valence-corrected chi connectivity index (χ0v) is 23.3. The van der Waals surface area contributed by atoms with Crippen molar-refractivity contribution < 1.29 is 9.53 Å². The Balaban J connectivity index is 1.47. The van der Waals surface area contributed by atoms with Crippen LogP contribution in [0.2, 0.25) is 0 Å². The first kappa shape index (κ1) is 25.4. The van der Waals surface area contributed by atoms with Crippen LogP contribution in [-0.2, 0) is 4.74 Å². The van der Waals surface area contributed by atoms with E-state index in [-0.39, 0.29) is 12.0 Å². The Hall–Kier alpha value is -5.57. The second kappa shape index (κ2) is 10.1. The van der Waals surface area contributed by atoms with Gasteiger partial charge in [-0.3, -0.25) is 0 Å². The third-order valence-electron chi connectivity index (χ3n) is 7.47. The molecular weight excluding hydrogens is 526 g/mol. The first-order chi connectivity index (χ1) is 20.5. The van der Waals surface area contributed by atoms with Crippen LogP contribution in [0, 0.1) is 13.8 Å². The van der Waals surface area contributed by atoms with Gasteiger partial charge in [0.1, 0.15) is 0 Å². The highest BCUT2D eigenvalue weighted by Crippen LogP contribution is 2.48. The van der Waals surface area contributed by atoms with E-state index in [1.54, 1.807) is 23.0 Å². The molecule has 0 spiro atoms. The highest BCUT2D eigenvalue weighted by Gasteiger charge is 2.41. The molecule has 1 N–H and O–H groups in total. The summed E-state index contributed by atoms with van der Waals surface area (Å²) >= 11 is 0. The van der Waals surface area contributed by atoms with Crippen LogP contribution in [0.4, 0.5) is 22.9 Å². The molecule has 0 amide bonds.